The largest absolute Gasteiger partial charge is 0.461 e. The van der Waals surface area contributed by atoms with Crippen molar-refractivity contribution in [2.45, 2.75) is 98.2 Å². The Morgan fingerprint density at radius 1 is 1.03 bits per heavy atom. The third-order valence-corrected chi connectivity index (χ3v) is 6.17. The highest BCUT2D eigenvalue weighted by Crippen LogP contribution is 2.49. The van der Waals surface area contributed by atoms with Crippen LogP contribution in [0, 0.1) is 5.41 Å². The number of fused-ring (bicyclic) bond motifs is 1. The molecule has 0 bridgehead atoms. The van der Waals surface area contributed by atoms with Crippen molar-refractivity contribution in [2.75, 3.05) is 6.61 Å². The molecular formula is C25H38O4. The first kappa shape index (κ1) is 23.6. The third-order valence-electron chi connectivity index (χ3n) is 6.17. The van der Waals surface area contributed by atoms with E-state index in [9.17, 15) is 9.59 Å². The number of carbonyl (C=O) groups excluding carboxylic acids is 2. The second-order valence-electron chi connectivity index (χ2n) is 8.94. The number of hydrogen-bond acceptors (Lipinski definition) is 4. The highest BCUT2D eigenvalue weighted by atomic mass is 16.6. The Bertz CT molecular complexity index is 681. The first-order valence-corrected chi connectivity index (χ1v) is 11.0. The molecule has 1 saturated heterocycles. The highest BCUT2D eigenvalue weighted by Gasteiger charge is 2.57. The van der Waals surface area contributed by atoms with Crippen LogP contribution in [0.15, 0.2) is 34.9 Å². The van der Waals surface area contributed by atoms with E-state index >= 15 is 0 Å². The van der Waals surface area contributed by atoms with E-state index in [1.54, 1.807) is 0 Å². The summed E-state index contributed by atoms with van der Waals surface area (Å²) >= 11 is 0. The third kappa shape index (κ3) is 6.67. The van der Waals surface area contributed by atoms with Crippen LogP contribution in [0.5, 0.6) is 0 Å². The van der Waals surface area contributed by atoms with Gasteiger partial charge in [0, 0.05) is 24.9 Å². The molecule has 162 valence electrons. The van der Waals surface area contributed by atoms with Crippen LogP contribution in [0.4, 0.5) is 0 Å². The number of carbonyl (C=O) groups is 2. The molecule has 4 heteroatoms. The zero-order valence-electron chi connectivity index (χ0n) is 18.9. The summed E-state index contributed by atoms with van der Waals surface area (Å²) in [7, 11) is 0. The number of allylic oxidation sites excluding steroid dienone is 6. The minimum absolute atomic E-state index is 0.176. The van der Waals surface area contributed by atoms with Gasteiger partial charge in [0.15, 0.2) is 0 Å². The van der Waals surface area contributed by atoms with E-state index < -0.39 is 5.41 Å². The maximum atomic E-state index is 12.2. The molecule has 1 heterocycles. The average molecular weight is 403 g/mol. The van der Waals surface area contributed by atoms with E-state index in [-0.39, 0.29) is 30.4 Å². The van der Waals surface area contributed by atoms with Gasteiger partial charge in [-0.15, -0.1) is 0 Å². The summed E-state index contributed by atoms with van der Waals surface area (Å²) in [5.74, 6) is -0.0661. The molecule has 3 atom stereocenters. The summed E-state index contributed by atoms with van der Waals surface area (Å²) in [4.78, 5) is 24.2. The maximum Gasteiger partial charge on any atom is 0.308 e. The average Bonchev–Trinajstić information content (AvgIpc) is 2.96. The lowest BCUT2D eigenvalue weighted by atomic mass is 9.72. The van der Waals surface area contributed by atoms with Crippen LogP contribution in [0.25, 0.3) is 0 Å². The van der Waals surface area contributed by atoms with Gasteiger partial charge in [0.1, 0.15) is 11.9 Å². The van der Waals surface area contributed by atoms with E-state index in [0.29, 0.717) is 19.4 Å². The maximum absolute atomic E-state index is 12.2. The van der Waals surface area contributed by atoms with Crippen molar-refractivity contribution in [3.63, 3.8) is 0 Å². The van der Waals surface area contributed by atoms with Gasteiger partial charge >= 0.3 is 5.97 Å². The van der Waals surface area contributed by atoms with Crippen molar-refractivity contribution >= 4 is 11.8 Å². The van der Waals surface area contributed by atoms with Gasteiger partial charge < -0.3 is 9.47 Å². The van der Waals surface area contributed by atoms with Crippen molar-refractivity contribution in [1.29, 1.82) is 0 Å². The van der Waals surface area contributed by atoms with Gasteiger partial charge in [0.2, 0.25) is 0 Å². The van der Waals surface area contributed by atoms with Crippen LogP contribution in [0.2, 0.25) is 0 Å². The highest BCUT2D eigenvalue weighted by molar-refractivity contribution is 5.84. The minimum atomic E-state index is -0.391. The van der Waals surface area contributed by atoms with E-state index in [1.807, 2.05) is 6.92 Å². The Labute approximate surface area is 176 Å². The van der Waals surface area contributed by atoms with Gasteiger partial charge in [0.25, 0.3) is 0 Å². The van der Waals surface area contributed by atoms with Gasteiger partial charge in [-0.3, -0.25) is 9.59 Å². The topological polar surface area (TPSA) is 52.6 Å². The Balaban J connectivity index is 1.97. The molecule has 0 aromatic rings. The van der Waals surface area contributed by atoms with Crippen molar-refractivity contribution < 1.29 is 19.1 Å². The zero-order valence-corrected chi connectivity index (χ0v) is 18.9. The van der Waals surface area contributed by atoms with E-state index in [2.05, 4.69) is 45.9 Å². The fourth-order valence-corrected chi connectivity index (χ4v) is 4.47. The predicted molar refractivity (Wildman–Crippen MR) is 117 cm³/mol. The molecule has 2 aliphatic rings. The fraction of sp³-hybridized carbons (Fsp3) is 0.680. The number of Topliss-reactive ketones (excluding diaryl/α,β-unsaturated/α-hetero) is 1. The van der Waals surface area contributed by atoms with Gasteiger partial charge in [-0.2, -0.15) is 0 Å². The van der Waals surface area contributed by atoms with E-state index in [4.69, 9.17) is 9.47 Å². The second kappa shape index (κ2) is 10.9. The number of hydrogen-bond donors (Lipinski definition) is 0. The van der Waals surface area contributed by atoms with Gasteiger partial charge in [-0.1, -0.05) is 34.9 Å². The molecule has 0 amide bonds. The van der Waals surface area contributed by atoms with Crippen molar-refractivity contribution in [3.8, 4) is 0 Å². The Kier molecular flexibility index (Phi) is 8.88. The van der Waals surface area contributed by atoms with E-state index in [0.717, 1.165) is 32.1 Å². The molecule has 4 nitrogen and oxygen atoms in total. The first-order chi connectivity index (χ1) is 13.8. The molecule has 0 aromatic heterocycles. The molecule has 0 aromatic carbocycles. The molecule has 2 rings (SSSR count). The fourth-order valence-electron chi connectivity index (χ4n) is 4.47. The quantitative estimate of drug-likeness (QED) is 0.339. The number of ether oxygens (including phenoxy) is 2. The molecule has 0 radical (unpaired) electrons. The van der Waals surface area contributed by atoms with Gasteiger partial charge in [-0.05, 0) is 66.7 Å². The molecule has 3 unspecified atom stereocenters. The molecule has 1 aliphatic heterocycles. The molecule has 1 saturated carbocycles. The Morgan fingerprint density at radius 3 is 2.34 bits per heavy atom. The predicted octanol–water partition coefficient (Wildman–Crippen LogP) is 5.87. The van der Waals surface area contributed by atoms with Crippen LogP contribution < -0.4 is 0 Å². The monoisotopic (exact) mass is 402 g/mol. The summed E-state index contributed by atoms with van der Waals surface area (Å²) in [6.45, 7) is 11.1. The normalized spacial score (nSPS) is 27.6. The number of ketones is 1. The standard InChI is InChI=1S/C25H38O4/c1-6-28-22-16-24(27)29-23-15-21(26)17-25(22,23)14-13-20(5)12-8-11-19(4)10-7-9-18(2)3/h9,11,13,22-23H,6-8,10,12,14-17H2,1-5H3. The Hall–Kier alpha value is -1.68. The lowest BCUT2D eigenvalue weighted by Gasteiger charge is -2.43. The van der Waals surface area contributed by atoms with Crippen LogP contribution in [-0.4, -0.2) is 30.6 Å². The smallest absolute Gasteiger partial charge is 0.308 e. The molecule has 2 fully saturated rings. The zero-order chi connectivity index (χ0) is 21.4. The molecule has 0 N–H and O–H groups in total. The summed E-state index contributed by atoms with van der Waals surface area (Å²) in [6.07, 6.45) is 12.3. The van der Waals surface area contributed by atoms with Crippen molar-refractivity contribution in [3.05, 3.63) is 34.9 Å². The number of rotatable bonds is 10. The Morgan fingerprint density at radius 2 is 1.69 bits per heavy atom. The lowest BCUT2D eigenvalue weighted by molar-refractivity contribution is -0.186. The molecule has 0 spiro atoms. The van der Waals surface area contributed by atoms with Crippen LogP contribution in [0.1, 0.15) is 86.0 Å². The van der Waals surface area contributed by atoms with Crippen molar-refractivity contribution in [1.82, 2.24) is 0 Å². The van der Waals surface area contributed by atoms with Crippen LogP contribution in [-0.2, 0) is 19.1 Å². The SMILES string of the molecule is CCOC1CC(=O)OC2CC(=O)CC12CC=C(C)CCC=C(C)CCC=C(C)C. The molecule has 1 aliphatic carbocycles. The van der Waals surface area contributed by atoms with Crippen LogP contribution >= 0.6 is 0 Å². The number of esters is 1. The summed E-state index contributed by atoms with van der Waals surface area (Å²) in [6, 6.07) is 0. The summed E-state index contributed by atoms with van der Waals surface area (Å²) in [5, 5.41) is 0. The van der Waals surface area contributed by atoms with Gasteiger partial charge in [-0.25, -0.2) is 0 Å². The first-order valence-electron chi connectivity index (χ1n) is 11.0. The molecular weight excluding hydrogens is 364 g/mol. The van der Waals surface area contributed by atoms with Crippen LogP contribution in [0.3, 0.4) is 0 Å². The van der Waals surface area contributed by atoms with Crippen molar-refractivity contribution in [2.24, 2.45) is 5.41 Å². The minimum Gasteiger partial charge on any atom is -0.461 e. The van der Waals surface area contributed by atoms with Gasteiger partial charge in [0.05, 0.1) is 12.5 Å². The summed E-state index contributed by atoms with van der Waals surface area (Å²) < 4.78 is 11.5. The van der Waals surface area contributed by atoms with E-state index in [1.165, 1.54) is 16.7 Å². The lowest BCUT2D eigenvalue weighted by Crippen LogP contribution is -2.50. The molecule has 29 heavy (non-hydrogen) atoms. The second-order valence-corrected chi connectivity index (χ2v) is 8.94. The summed E-state index contributed by atoms with van der Waals surface area (Å²) in [5.41, 5.74) is 3.74.